The number of hydrogen-bond acceptors (Lipinski definition) is 4. The lowest BCUT2D eigenvalue weighted by Crippen LogP contribution is -3.11. The molecule has 1 aromatic heterocycles. The van der Waals surface area contributed by atoms with Crippen molar-refractivity contribution in [2.45, 2.75) is 19.9 Å². The van der Waals surface area contributed by atoms with Crippen molar-refractivity contribution in [1.29, 1.82) is 0 Å². The van der Waals surface area contributed by atoms with Gasteiger partial charge in [-0.15, -0.1) is 0 Å². The quantitative estimate of drug-likeness (QED) is 0.476. The molecule has 0 radical (unpaired) electrons. The van der Waals surface area contributed by atoms with E-state index in [1.54, 1.807) is 19.2 Å². The van der Waals surface area contributed by atoms with Crippen molar-refractivity contribution in [2.24, 2.45) is 0 Å². The van der Waals surface area contributed by atoms with E-state index in [-0.39, 0.29) is 25.5 Å². The number of imide groups is 1. The third-order valence-corrected chi connectivity index (χ3v) is 2.75. The number of carbonyl (C=O) groups excluding carboxylic acids is 3. The number of quaternary nitrogens is 1. The summed E-state index contributed by atoms with van der Waals surface area (Å²) in [7, 11) is 1.71. The monoisotopic (exact) mass is 311 g/mol. The predicted molar refractivity (Wildman–Crippen MR) is 79.0 cm³/mol. The Bertz CT molecular complexity index is 487. The van der Waals surface area contributed by atoms with Gasteiger partial charge in [-0.1, -0.05) is 6.92 Å². The average molecular weight is 311 g/mol. The van der Waals surface area contributed by atoms with Gasteiger partial charge in [0.1, 0.15) is 5.76 Å². The summed E-state index contributed by atoms with van der Waals surface area (Å²) in [6.45, 7) is 3.00. The minimum Gasteiger partial charge on any atom is -0.467 e. The molecule has 1 aromatic rings. The van der Waals surface area contributed by atoms with Gasteiger partial charge in [-0.25, -0.2) is 4.79 Å². The van der Waals surface area contributed by atoms with Crippen LogP contribution in [0, 0.1) is 0 Å². The van der Waals surface area contributed by atoms with E-state index in [1.165, 1.54) is 6.26 Å². The molecule has 122 valence electrons. The normalized spacial score (nSPS) is 11.5. The highest BCUT2D eigenvalue weighted by molar-refractivity contribution is 5.94. The fraction of sp³-hybridized carbons (Fsp3) is 0.500. The number of urea groups is 1. The van der Waals surface area contributed by atoms with Gasteiger partial charge in [0, 0.05) is 6.54 Å². The molecule has 0 aliphatic rings. The van der Waals surface area contributed by atoms with Crippen LogP contribution in [-0.4, -0.2) is 44.5 Å². The molecule has 8 nitrogen and oxygen atoms in total. The van der Waals surface area contributed by atoms with E-state index in [0.29, 0.717) is 17.2 Å². The number of hydrogen-bond donors (Lipinski definition) is 4. The number of furan rings is 1. The molecule has 1 unspecified atom stereocenters. The zero-order chi connectivity index (χ0) is 16.4. The first-order valence-corrected chi connectivity index (χ1v) is 7.19. The van der Waals surface area contributed by atoms with Crippen molar-refractivity contribution in [3.05, 3.63) is 24.2 Å². The lowest BCUT2D eigenvalue weighted by Gasteiger charge is -2.13. The van der Waals surface area contributed by atoms with Crippen LogP contribution in [-0.2, 0) is 16.1 Å². The molecule has 22 heavy (non-hydrogen) atoms. The van der Waals surface area contributed by atoms with Gasteiger partial charge in [0.05, 0.1) is 19.9 Å². The van der Waals surface area contributed by atoms with Crippen molar-refractivity contribution >= 4 is 17.8 Å². The summed E-state index contributed by atoms with van der Waals surface area (Å²) in [5, 5.41) is 7.44. The van der Waals surface area contributed by atoms with Crippen LogP contribution in [0.4, 0.5) is 4.79 Å². The van der Waals surface area contributed by atoms with Crippen LogP contribution in [0.1, 0.15) is 19.1 Å². The van der Waals surface area contributed by atoms with Crippen molar-refractivity contribution in [1.82, 2.24) is 16.0 Å². The first kappa shape index (κ1) is 17.7. The van der Waals surface area contributed by atoms with E-state index < -0.39 is 11.9 Å². The number of carbonyl (C=O) groups is 3. The fourth-order valence-corrected chi connectivity index (χ4v) is 1.73. The number of likely N-dealkylation sites (N-methyl/N-ethyl adjacent to an activating group) is 1. The second kappa shape index (κ2) is 9.56. The maximum Gasteiger partial charge on any atom is 0.321 e. The molecule has 0 aliphatic carbocycles. The second-order valence-corrected chi connectivity index (χ2v) is 4.97. The minimum absolute atomic E-state index is 0.0354. The lowest BCUT2D eigenvalue weighted by molar-refractivity contribution is -0.862. The maximum absolute atomic E-state index is 11.7. The number of nitrogens with one attached hydrogen (secondary N) is 4. The predicted octanol–water partition coefficient (Wildman–Crippen LogP) is -1.35. The molecule has 0 saturated heterocycles. The van der Waals surface area contributed by atoms with Crippen molar-refractivity contribution < 1.29 is 23.7 Å². The van der Waals surface area contributed by atoms with Gasteiger partial charge in [0.15, 0.2) is 13.1 Å². The summed E-state index contributed by atoms with van der Waals surface area (Å²) in [5.74, 6) is 0.0325. The zero-order valence-electron chi connectivity index (χ0n) is 12.9. The Balaban J connectivity index is 2.20. The SMILES string of the molecule is CCCNC(=O)C[NH+](C)CC(=O)NC(=O)NCc1ccco1. The highest BCUT2D eigenvalue weighted by Gasteiger charge is 2.15. The fourth-order valence-electron chi connectivity index (χ4n) is 1.73. The number of rotatable bonds is 8. The van der Waals surface area contributed by atoms with E-state index in [1.807, 2.05) is 6.92 Å². The Hall–Kier alpha value is -2.35. The molecule has 0 saturated carbocycles. The molecule has 4 N–H and O–H groups in total. The largest absolute Gasteiger partial charge is 0.467 e. The van der Waals surface area contributed by atoms with Gasteiger partial charge < -0.3 is 20.0 Å². The Morgan fingerprint density at radius 1 is 1.18 bits per heavy atom. The topological polar surface area (TPSA) is 105 Å². The van der Waals surface area contributed by atoms with Gasteiger partial charge in [-0.3, -0.25) is 14.9 Å². The summed E-state index contributed by atoms with van der Waals surface area (Å²) < 4.78 is 5.05. The molecule has 0 bridgehead atoms. The summed E-state index contributed by atoms with van der Waals surface area (Å²) in [6, 6.07) is 2.83. The van der Waals surface area contributed by atoms with Crippen LogP contribution >= 0.6 is 0 Å². The second-order valence-electron chi connectivity index (χ2n) is 4.97. The van der Waals surface area contributed by atoms with Crippen LogP contribution in [0.2, 0.25) is 0 Å². The first-order valence-electron chi connectivity index (χ1n) is 7.19. The zero-order valence-corrected chi connectivity index (χ0v) is 12.9. The van der Waals surface area contributed by atoms with E-state index >= 15 is 0 Å². The van der Waals surface area contributed by atoms with Gasteiger partial charge in [0.2, 0.25) is 0 Å². The van der Waals surface area contributed by atoms with E-state index in [4.69, 9.17) is 4.42 Å². The van der Waals surface area contributed by atoms with Crippen LogP contribution in [0.3, 0.4) is 0 Å². The minimum atomic E-state index is -0.593. The molecule has 0 spiro atoms. The third-order valence-electron chi connectivity index (χ3n) is 2.75. The summed E-state index contributed by atoms with van der Waals surface area (Å²) in [6.07, 6.45) is 2.36. The number of amides is 4. The molecule has 0 fully saturated rings. The molecule has 4 amide bonds. The van der Waals surface area contributed by atoms with E-state index in [9.17, 15) is 14.4 Å². The van der Waals surface area contributed by atoms with E-state index in [2.05, 4.69) is 16.0 Å². The van der Waals surface area contributed by atoms with Crippen molar-refractivity contribution in [3.8, 4) is 0 Å². The molecular weight excluding hydrogens is 288 g/mol. The van der Waals surface area contributed by atoms with E-state index in [0.717, 1.165) is 6.42 Å². The molecule has 0 aromatic carbocycles. The summed E-state index contributed by atoms with van der Waals surface area (Å²) in [4.78, 5) is 35.4. The molecule has 8 heteroatoms. The summed E-state index contributed by atoms with van der Waals surface area (Å²) in [5.41, 5.74) is 0. The third kappa shape index (κ3) is 7.44. The molecule has 1 atom stereocenters. The molecular formula is C14H23N4O4+. The van der Waals surface area contributed by atoms with Crippen molar-refractivity contribution in [2.75, 3.05) is 26.7 Å². The van der Waals surface area contributed by atoms with Gasteiger partial charge in [-0.05, 0) is 18.6 Å². The summed E-state index contributed by atoms with van der Waals surface area (Å²) >= 11 is 0. The Morgan fingerprint density at radius 2 is 1.91 bits per heavy atom. The highest BCUT2D eigenvalue weighted by Crippen LogP contribution is 1.97. The van der Waals surface area contributed by atoms with Crippen LogP contribution < -0.4 is 20.9 Å². The van der Waals surface area contributed by atoms with Gasteiger partial charge >= 0.3 is 6.03 Å². The molecule has 0 aliphatic heterocycles. The molecule has 1 rings (SSSR count). The Labute approximate surface area is 129 Å². The lowest BCUT2D eigenvalue weighted by atomic mass is 10.4. The Morgan fingerprint density at radius 3 is 2.55 bits per heavy atom. The van der Waals surface area contributed by atoms with Gasteiger partial charge in [-0.2, -0.15) is 0 Å². The van der Waals surface area contributed by atoms with Crippen LogP contribution in [0.15, 0.2) is 22.8 Å². The molecule has 1 heterocycles. The smallest absolute Gasteiger partial charge is 0.321 e. The highest BCUT2D eigenvalue weighted by atomic mass is 16.3. The Kier molecular flexibility index (Phi) is 7.69. The van der Waals surface area contributed by atoms with Crippen LogP contribution in [0.25, 0.3) is 0 Å². The first-order chi connectivity index (χ1) is 10.5. The van der Waals surface area contributed by atoms with Crippen LogP contribution in [0.5, 0.6) is 0 Å². The average Bonchev–Trinajstić information content (AvgIpc) is 2.95. The standard InChI is InChI=1S/C14H22N4O4/c1-3-6-15-12(19)9-18(2)10-13(20)17-14(21)16-8-11-5-4-7-22-11/h4-5,7H,3,6,8-10H2,1-2H3,(H,15,19)(H2,16,17,20,21)/p+1. The van der Waals surface area contributed by atoms with Crippen molar-refractivity contribution in [3.63, 3.8) is 0 Å². The van der Waals surface area contributed by atoms with Gasteiger partial charge in [0.25, 0.3) is 11.8 Å². The maximum atomic E-state index is 11.7.